The van der Waals surface area contributed by atoms with Crippen LogP contribution in [-0.4, -0.2) is 37.9 Å². The molecule has 5 unspecified atom stereocenters. The lowest BCUT2D eigenvalue weighted by Gasteiger charge is -2.32. The lowest BCUT2D eigenvalue weighted by molar-refractivity contribution is -0.157. The number of nitrogens with one attached hydrogen (secondary N) is 1. The smallest absolute Gasteiger partial charge is 0.313 e. The molecule has 2 rings (SSSR count). The number of likely N-dealkylation sites (N-methyl/N-ethyl adjacent to an activating group) is 1. The maximum absolute atomic E-state index is 12.2. The molecule has 2 fully saturated rings. The van der Waals surface area contributed by atoms with Gasteiger partial charge in [-0.05, 0) is 37.6 Å². The molecular weight excluding hydrogens is 242 g/mol. The van der Waals surface area contributed by atoms with Crippen LogP contribution in [0.2, 0.25) is 0 Å². The van der Waals surface area contributed by atoms with Crippen molar-refractivity contribution in [1.29, 1.82) is 0 Å². The topological polar surface area (TPSA) is 47.6 Å². The second kappa shape index (κ2) is 6.71. The minimum Gasteiger partial charge on any atom is -0.462 e. The van der Waals surface area contributed by atoms with Crippen molar-refractivity contribution in [1.82, 2.24) is 5.32 Å². The Morgan fingerprint density at radius 1 is 1.26 bits per heavy atom. The molecular formula is C15H27NO3. The summed E-state index contributed by atoms with van der Waals surface area (Å²) in [7, 11) is 0. The van der Waals surface area contributed by atoms with Gasteiger partial charge in [-0.15, -0.1) is 0 Å². The summed E-state index contributed by atoms with van der Waals surface area (Å²) in [5, 5.41) is 3.30. The molecule has 0 spiro atoms. The van der Waals surface area contributed by atoms with Crippen LogP contribution in [0.15, 0.2) is 0 Å². The first-order valence-corrected chi connectivity index (χ1v) is 7.63. The molecule has 4 nitrogen and oxygen atoms in total. The van der Waals surface area contributed by atoms with E-state index < -0.39 is 0 Å². The number of hydrogen-bond donors (Lipinski definition) is 1. The molecule has 0 bridgehead atoms. The van der Waals surface area contributed by atoms with Gasteiger partial charge >= 0.3 is 5.97 Å². The van der Waals surface area contributed by atoms with Crippen LogP contribution in [0.5, 0.6) is 0 Å². The first kappa shape index (κ1) is 14.8. The van der Waals surface area contributed by atoms with E-state index in [1.165, 1.54) is 0 Å². The number of hydrogen-bond acceptors (Lipinski definition) is 4. The minimum absolute atomic E-state index is 0.0739. The summed E-state index contributed by atoms with van der Waals surface area (Å²) >= 11 is 0. The van der Waals surface area contributed by atoms with Crippen LogP contribution in [0.25, 0.3) is 0 Å². The highest BCUT2D eigenvalue weighted by atomic mass is 16.5. The molecule has 0 radical (unpaired) electrons. The highest BCUT2D eigenvalue weighted by molar-refractivity contribution is 5.74. The molecule has 0 aromatic heterocycles. The Bertz CT molecular complexity index is 308. The normalized spacial score (nSPS) is 39.2. The Morgan fingerprint density at radius 2 is 2.05 bits per heavy atom. The summed E-state index contributed by atoms with van der Waals surface area (Å²) in [6.07, 6.45) is 3.29. The Labute approximate surface area is 116 Å². The highest BCUT2D eigenvalue weighted by Crippen LogP contribution is 2.31. The Kier molecular flexibility index (Phi) is 5.22. The molecule has 1 aliphatic carbocycles. The van der Waals surface area contributed by atoms with Gasteiger partial charge in [-0.3, -0.25) is 4.79 Å². The molecule has 5 atom stereocenters. The van der Waals surface area contributed by atoms with Gasteiger partial charge in [0.25, 0.3) is 0 Å². The summed E-state index contributed by atoms with van der Waals surface area (Å²) in [6.45, 7) is 8.56. The van der Waals surface area contributed by atoms with E-state index in [0.717, 1.165) is 31.7 Å². The standard InChI is InChI=1S/C15H27NO3/c1-4-16-14-9-18-8-13(14)15(17)19-12-6-5-10(2)11(3)7-12/h10-14,16H,4-9H2,1-3H3. The summed E-state index contributed by atoms with van der Waals surface area (Å²) in [5.41, 5.74) is 0. The molecule has 4 heteroatoms. The van der Waals surface area contributed by atoms with Crippen molar-refractivity contribution in [3.63, 3.8) is 0 Å². The van der Waals surface area contributed by atoms with Crippen LogP contribution >= 0.6 is 0 Å². The van der Waals surface area contributed by atoms with Gasteiger partial charge < -0.3 is 14.8 Å². The Balaban J connectivity index is 1.83. The van der Waals surface area contributed by atoms with Crippen LogP contribution in [0, 0.1) is 17.8 Å². The van der Waals surface area contributed by atoms with Gasteiger partial charge in [0.05, 0.1) is 19.1 Å². The SMILES string of the molecule is CCNC1COCC1C(=O)OC1CCC(C)C(C)C1. The molecule has 1 saturated heterocycles. The van der Waals surface area contributed by atoms with Crippen LogP contribution in [0.1, 0.15) is 40.0 Å². The number of esters is 1. The van der Waals surface area contributed by atoms with Gasteiger partial charge in [0.2, 0.25) is 0 Å². The number of carbonyl (C=O) groups excluding carboxylic acids is 1. The average Bonchev–Trinajstić information content (AvgIpc) is 2.83. The predicted molar refractivity (Wildman–Crippen MR) is 73.8 cm³/mol. The predicted octanol–water partition coefficient (Wildman–Crippen LogP) is 1.98. The zero-order chi connectivity index (χ0) is 13.8. The van der Waals surface area contributed by atoms with E-state index in [1.807, 2.05) is 6.92 Å². The van der Waals surface area contributed by atoms with Gasteiger partial charge in [0, 0.05) is 6.04 Å². The quantitative estimate of drug-likeness (QED) is 0.793. The average molecular weight is 269 g/mol. The van der Waals surface area contributed by atoms with Gasteiger partial charge in [0.1, 0.15) is 6.10 Å². The Hall–Kier alpha value is -0.610. The zero-order valence-corrected chi connectivity index (χ0v) is 12.4. The Morgan fingerprint density at radius 3 is 2.74 bits per heavy atom. The maximum Gasteiger partial charge on any atom is 0.313 e. The van der Waals surface area contributed by atoms with Crippen LogP contribution < -0.4 is 5.32 Å². The summed E-state index contributed by atoms with van der Waals surface area (Å²) in [6, 6.07) is 0.123. The fourth-order valence-electron chi connectivity index (χ4n) is 3.11. The van der Waals surface area contributed by atoms with Crippen LogP contribution in [0.4, 0.5) is 0 Å². The zero-order valence-electron chi connectivity index (χ0n) is 12.4. The third-order valence-corrected chi connectivity index (χ3v) is 4.68. The molecule has 2 aliphatic rings. The van der Waals surface area contributed by atoms with Gasteiger partial charge in [-0.2, -0.15) is 0 Å². The number of ether oxygens (including phenoxy) is 2. The second-order valence-corrected chi connectivity index (χ2v) is 6.13. The molecule has 1 aliphatic heterocycles. The van der Waals surface area contributed by atoms with Crippen LogP contribution in [-0.2, 0) is 14.3 Å². The summed E-state index contributed by atoms with van der Waals surface area (Å²) in [4.78, 5) is 12.2. The monoisotopic (exact) mass is 269 g/mol. The van der Waals surface area contributed by atoms with Gasteiger partial charge in [-0.1, -0.05) is 20.8 Å². The van der Waals surface area contributed by atoms with E-state index in [1.54, 1.807) is 0 Å². The van der Waals surface area contributed by atoms with Crippen molar-refractivity contribution >= 4 is 5.97 Å². The molecule has 19 heavy (non-hydrogen) atoms. The van der Waals surface area contributed by atoms with E-state index in [9.17, 15) is 4.79 Å². The molecule has 0 amide bonds. The fourth-order valence-corrected chi connectivity index (χ4v) is 3.11. The minimum atomic E-state index is -0.130. The van der Waals surface area contributed by atoms with E-state index in [4.69, 9.17) is 9.47 Å². The van der Waals surface area contributed by atoms with Crippen molar-refractivity contribution < 1.29 is 14.3 Å². The van der Waals surface area contributed by atoms with Crippen molar-refractivity contribution in [2.75, 3.05) is 19.8 Å². The van der Waals surface area contributed by atoms with E-state index in [-0.39, 0.29) is 24.0 Å². The van der Waals surface area contributed by atoms with Gasteiger partial charge in [-0.25, -0.2) is 0 Å². The maximum atomic E-state index is 12.2. The van der Waals surface area contributed by atoms with Crippen molar-refractivity contribution in [3.05, 3.63) is 0 Å². The number of carbonyl (C=O) groups is 1. The van der Waals surface area contributed by atoms with E-state index >= 15 is 0 Å². The van der Waals surface area contributed by atoms with E-state index in [2.05, 4.69) is 19.2 Å². The molecule has 0 aromatic carbocycles. The molecule has 1 N–H and O–H groups in total. The van der Waals surface area contributed by atoms with Crippen molar-refractivity contribution in [3.8, 4) is 0 Å². The summed E-state index contributed by atoms with van der Waals surface area (Å²) < 4.78 is 11.1. The van der Waals surface area contributed by atoms with Crippen LogP contribution in [0.3, 0.4) is 0 Å². The number of rotatable bonds is 4. The molecule has 0 aromatic rings. The highest BCUT2D eigenvalue weighted by Gasteiger charge is 2.36. The molecule has 110 valence electrons. The largest absolute Gasteiger partial charge is 0.462 e. The third-order valence-electron chi connectivity index (χ3n) is 4.68. The fraction of sp³-hybridized carbons (Fsp3) is 0.933. The first-order valence-electron chi connectivity index (χ1n) is 7.63. The second-order valence-electron chi connectivity index (χ2n) is 6.13. The molecule has 1 saturated carbocycles. The third kappa shape index (κ3) is 3.69. The van der Waals surface area contributed by atoms with Crippen molar-refractivity contribution in [2.24, 2.45) is 17.8 Å². The van der Waals surface area contributed by atoms with Gasteiger partial charge in [0.15, 0.2) is 0 Å². The first-order chi connectivity index (χ1) is 9.11. The van der Waals surface area contributed by atoms with E-state index in [0.29, 0.717) is 19.1 Å². The molecule has 1 heterocycles. The lowest BCUT2D eigenvalue weighted by atomic mass is 9.80. The lowest BCUT2D eigenvalue weighted by Crippen LogP contribution is -2.41. The van der Waals surface area contributed by atoms with Crippen molar-refractivity contribution in [2.45, 2.75) is 52.2 Å². The summed E-state index contributed by atoms with van der Waals surface area (Å²) in [5.74, 6) is 1.19.